The van der Waals surface area contributed by atoms with Gasteiger partial charge in [0.15, 0.2) is 0 Å². The summed E-state index contributed by atoms with van der Waals surface area (Å²) in [5.74, 6) is 1.47. The summed E-state index contributed by atoms with van der Waals surface area (Å²) in [4.78, 5) is 27.1. The zero-order valence-corrected chi connectivity index (χ0v) is 16.1. The normalized spacial score (nSPS) is 33.0. The van der Waals surface area contributed by atoms with Crippen molar-refractivity contribution in [2.45, 2.75) is 77.8 Å². The number of amides is 2. The predicted molar refractivity (Wildman–Crippen MR) is 99.1 cm³/mol. The van der Waals surface area contributed by atoms with Crippen LogP contribution in [-0.4, -0.2) is 48.4 Å². The molecule has 5 heteroatoms. The van der Waals surface area contributed by atoms with E-state index in [0.717, 1.165) is 32.4 Å². The van der Waals surface area contributed by atoms with Crippen LogP contribution in [0.25, 0.3) is 0 Å². The Labute approximate surface area is 152 Å². The molecular weight excluding hydrogens is 314 g/mol. The number of hydrogen-bond donors (Lipinski definition) is 2. The molecule has 0 aromatic heterocycles. The third-order valence-corrected chi connectivity index (χ3v) is 6.22. The molecule has 4 unspecified atom stereocenters. The minimum Gasteiger partial charge on any atom is -0.355 e. The Hall–Kier alpha value is -1.10. The van der Waals surface area contributed by atoms with E-state index in [1.165, 1.54) is 25.7 Å². The first-order valence-electron chi connectivity index (χ1n) is 10.2. The summed E-state index contributed by atoms with van der Waals surface area (Å²) in [6.45, 7) is 8.15. The SMILES string of the molecule is CC(C)(C)C(=O)NCC1CCCN(C(=O)C2CC3CCCCC3N2)C1. The first-order valence-corrected chi connectivity index (χ1v) is 10.2. The molecular formula is C20H35N3O2. The second kappa shape index (κ2) is 7.65. The average Bonchev–Trinajstić information content (AvgIpc) is 3.02. The third-order valence-electron chi connectivity index (χ3n) is 6.22. The minimum atomic E-state index is -0.353. The molecule has 0 aromatic carbocycles. The smallest absolute Gasteiger partial charge is 0.239 e. The van der Waals surface area contributed by atoms with Crippen LogP contribution in [-0.2, 0) is 9.59 Å². The summed E-state index contributed by atoms with van der Waals surface area (Å²) in [6.07, 6.45) is 8.29. The van der Waals surface area contributed by atoms with E-state index in [1.54, 1.807) is 0 Å². The van der Waals surface area contributed by atoms with Crippen molar-refractivity contribution in [3.05, 3.63) is 0 Å². The van der Waals surface area contributed by atoms with E-state index in [0.29, 0.717) is 30.3 Å². The molecule has 3 aliphatic rings. The van der Waals surface area contributed by atoms with Crippen LogP contribution in [0.2, 0.25) is 0 Å². The van der Waals surface area contributed by atoms with Gasteiger partial charge in [-0.2, -0.15) is 0 Å². The first-order chi connectivity index (χ1) is 11.8. The number of fused-ring (bicyclic) bond motifs is 1. The van der Waals surface area contributed by atoms with E-state index in [-0.39, 0.29) is 17.4 Å². The monoisotopic (exact) mass is 349 g/mol. The standard InChI is InChI=1S/C20H35N3O2/c1-20(2,3)19(25)21-12-14-7-6-10-23(13-14)18(24)17-11-15-8-4-5-9-16(15)22-17/h14-17,22H,4-13H2,1-3H3,(H,21,25). The zero-order valence-electron chi connectivity index (χ0n) is 16.1. The molecule has 1 aliphatic carbocycles. The highest BCUT2D eigenvalue weighted by Gasteiger charge is 2.40. The van der Waals surface area contributed by atoms with Crippen molar-refractivity contribution >= 4 is 11.8 Å². The van der Waals surface area contributed by atoms with E-state index >= 15 is 0 Å². The Bertz CT molecular complexity index is 486. The molecule has 25 heavy (non-hydrogen) atoms. The Morgan fingerprint density at radius 3 is 2.60 bits per heavy atom. The Morgan fingerprint density at radius 2 is 1.88 bits per heavy atom. The molecule has 0 aromatic rings. The lowest BCUT2D eigenvalue weighted by Gasteiger charge is -2.35. The third kappa shape index (κ3) is 4.55. The number of nitrogens with one attached hydrogen (secondary N) is 2. The quantitative estimate of drug-likeness (QED) is 0.822. The molecule has 2 heterocycles. The Kier molecular flexibility index (Phi) is 5.71. The van der Waals surface area contributed by atoms with Gasteiger partial charge in [0.05, 0.1) is 6.04 Å². The van der Waals surface area contributed by atoms with Gasteiger partial charge in [-0.15, -0.1) is 0 Å². The Morgan fingerprint density at radius 1 is 1.12 bits per heavy atom. The van der Waals surface area contributed by atoms with Crippen LogP contribution in [0.4, 0.5) is 0 Å². The molecule has 3 fully saturated rings. The zero-order chi connectivity index (χ0) is 18.0. The summed E-state index contributed by atoms with van der Waals surface area (Å²) < 4.78 is 0. The number of likely N-dealkylation sites (tertiary alicyclic amines) is 1. The van der Waals surface area contributed by atoms with Gasteiger partial charge in [0, 0.05) is 31.1 Å². The number of nitrogens with zero attached hydrogens (tertiary/aromatic N) is 1. The second-order valence-corrected chi connectivity index (χ2v) is 9.36. The van der Waals surface area contributed by atoms with Crippen LogP contribution in [0.3, 0.4) is 0 Å². The molecule has 2 amide bonds. The topological polar surface area (TPSA) is 61.4 Å². The molecule has 4 atom stereocenters. The molecule has 0 bridgehead atoms. The summed E-state index contributed by atoms with van der Waals surface area (Å²) in [6, 6.07) is 0.588. The number of rotatable bonds is 3. The molecule has 0 spiro atoms. The molecule has 1 saturated carbocycles. The molecule has 142 valence electrons. The summed E-state index contributed by atoms with van der Waals surface area (Å²) in [7, 11) is 0. The lowest BCUT2D eigenvalue weighted by atomic mass is 9.85. The van der Waals surface area contributed by atoms with Gasteiger partial charge in [0.1, 0.15) is 0 Å². The van der Waals surface area contributed by atoms with Crippen LogP contribution in [0.15, 0.2) is 0 Å². The maximum Gasteiger partial charge on any atom is 0.239 e. The number of hydrogen-bond acceptors (Lipinski definition) is 3. The van der Waals surface area contributed by atoms with Crippen molar-refractivity contribution < 1.29 is 9.59 Å². The maximum atomic E-state index is 13.0. The van der Waals surface area contributed by atoms with E-state index < -0.39 is 0 Å². The molecule has 2 saturated heterocycles. The second-order valence-electron chi connectivity index (χ2n) is 9.36. The Balaban J connectivity index is 1.49. The van der Waals surface area contributed by atoms with Gasteiger partial charge in [-0.1, -0.05) is 33.6 Å². The summed E-state index contributed by atoms with van der Waals surface area (Å²) in [5.41, 5.74) is -0.353. The van der Waals surface area contributed by atoms with Gasteiger partial charge in [0.25, 0.3) is 0 Å². The van der Waals surface area contributed by atoms with E-state index in [9.17, 15) is 9.59 Å². The van der Waals surface area contributed by atoms with Crippen molar-refractivity contribution in [3.8, 4) is 0 Å². The minimum absolute atomic E-state index is 0.0241. The highest BCUT2D eigenvalue weighted by atomic mass is 16.2. The van der Waals surface area contributed by atoms with Crippen LogP contribution < -0.4 is 10.6 Å². The van der Waals surface area contributed by atoms with Crippen molar-refractivity contribution in [1.82, 2.24) is 15.5 Å². The van der Waals surface area contributed by atoms with Gasteiger partial charge in [0.2, 0.25) is 11.8 Å². The van der Waals surface area contributed by atoms with E-state index in [2.05, 4.69) is 10.6 Å². The fourth-order valence-corrected chi connectivity index (χ4v) is 4.66. The van der Waals surface area contributed by atoms with Gasteiger partial charge in [-0.05, 0) is 43.9 Å². The molecule has 2 aliphatic heterocycles. The van der Waals surface area contributed by atoms with Crippen molar-refractivity contribution in [2.75, 3.05) is 19.6 Å². The number of carbonyl (C=O) groups is 2. The van der Waals surface area contributed by atoms with Crippen LogP contribution in [0.1, 0.15) is 65.7 Å². The summed E-state index contributed by atoms with van der Waals surface area (Å²) >= 11 is 0. The first kappa shape index (κ1) is 18.7. The highest BCUT2D eigenvalue weighted by molar-refractivity contribution is 5.82. The van der Waals surface area contributed by atoms with E-state index in [4.69, 9.17) is 0 Å². The predicted octanol–water partition coefficient (Wildman–Crippen LogP) is 2.31. The number of carbonyl (C=O) groups excluding carboxylic acids is 2. The van der Waals surface area contributed by atoms with Crippen molar-refractivity contribution in [3.63, 3.8) is 0 Å². The van der Waals surface area contributed by atoms with E-state index in [1.807, 2.05) is 25.7 Å². The largest absolute Gasteiger partial charge is 0.355 e. The van der Waals surface area contributed by atoms with Crippen LogP contribution in [0.5, 0.6) is 0 Å². The maximum absolute atomic E-state index is 13.0. The van der Waals surface area contributed by atoms with Gasteiger partial charge in [-0.3, -0.25) is 9.59 Å². The molecule has 5 nitrogen and oxygen atoms in total. The van der Waals surface area contributed by atoms with Crippen molar-refractivity contribution in [2.24, 2.45) is 17.3 Å². The van der Waals surface area contributed by atoms with Gasteiger partial charge in [-0.25, -0.2) is 0 Å². The molecule has 3 rings (SSSR count). The fourth-order valence-electron chi connectivity index (χ4n) is 4.66. The average molecular weight is 350 g/mol. The highest BCUT2D eigenvalue weighted by Crippen LogP contribution is 2.34. The van der Waals surface area contributed by atoms with Gasteiger partial charge >= 0.3 is 0 Å². The fraction of sp³-hybridized carbons (Fsp3) is 0.900. The lowest BCUT2D eigenvalue weighted by molar-refractivity contribution is -0.135. The van der Waals surface area contributed by atoms with Gasteiger partial charge < -0.3 is 15.5 Å². The lowest BCUT2D eigenvalue weighted by Crippen LogP contribution is -2.50. The van der Waals surface area contributed by atoms with Crippen LogP contribution >= 0.6 is 0 Å². The van der Waals surface area contributed by atoms with Crippen molar-refractivity contribution in [1.29, 1.82) is 0 Å². The van der Waals surface area contributed by atoms with Crippen LogP contribution in [0, 0.1) is 17.3 Å². The summed E-state index contributed by atoms with van der Waals surface area (Å²) in [5, 5.41) is 6.68. The molecule has 0 radical (unpaired) electrons. The molecule has 2 N–H and O–H groups in total. The number of piperidine rings is 1.